The van der Waals surface area contributed by atoms with Gasteiger partial charge in [-0.1, -0.05) is 0 Å². The molecule has 8 nitrogen and oxygen atoms in total. The molecule has 0 heterocycles. The molecule has 0 aliphatic carbocycles. The minimum Gasteiger partial charge on any atom is -1.00 e. The second-order valence-electron chi connectivity index (χ2n) is 4.34. The van der Waals surface area contributed by atoms with Gasteiger partial charge < -0.3 is 65.3 Å². The number of hydrogen-bond acceptors (Lipinski definition) is 6. The van der Waals surface area contributed by atoms with Crippen LogP contribution >= 0.6 is 0 Å². The van der Waals surface area contributed by atoms with Crippen molar-refractivity contribution in [1.82, 2.24) is 0 Å². The van der Waals surface area contributed by atoms with Crippen LogP contribution in [-0.4, -0.2) is 110 Å². The number of aliphatic hydroxyl groups is 6. The molecule has 0 aliphatic rings. The molecule has 0 bridgehead atoms. The molecule has 8 N–H and O–H groups in total. The van der Waals surface area contributed by atoms with E-state index < -0.39 is 0 Å². The molecule has 0 fully saturated rings. The third kappa shape index (κ3) is 22.5. The Kier molecular flexibility index (Phi) is 35.9. The van der Waals surface area contributed by atoms with Crippen LogP contribution in [0.5, 0.6) is 0 Å². The fraction of sp³-hybridized carbons (Fsp3) is 1.00. The van der Waals surface area contributed by atoms with Gasteiger partial charge in [0.2, 0.25) is 0 Å². The molecule has 0 aromatic rings. The van der Waals surface area contributed by atoms with Gasteiger partial charge in [0, 0.05) is 0 Å². The van der Waals surface area contributed by atoms with Crippen molar-refractivity contribution < 1.29 is 65.3 Å². The van der Waals surface area contributed by atoms with Gasteiger partial charge >= 0.3 is 0 Å². The van der Waals surface area contributed by atoms with Gasteiger partial charge in [-0.05, 0) is 0 Å². The molecular formula is C12H32Cl2N2O6. The Labute approximate surface area is 144 Å². The minimum absolute atomic E-state index is 0. The smallest absolute Gasteiger partial charge is 0.101 e. The standard InChI is InChI=1S/2C6H15NO3.2ClH/c2*8-4-1-7(2-5-9)3-6-10;;/h2*8-10H,1-6H2;2*1H. The third-order valence-electron chi connectivity index (χ3n) is 2.79. The summed E-state index contributed by atoms with van der Waals surface area (Å²) in [4.78, 5) is 2.07. The van der Waals surface area contributed by atoms with E-state index in [0.717, 1.165) is 9.80 Å². The van der Waals surface area contributed by atoms with E-state index in [9.17, 15) is 0 Å². The first-order valence-electron chi connectivity index (χ1n) is 7.02. The Morgan fingerprint density at radius 3 is 0.591 bits per heavy atom. The first kappa shape index (κ1) is 30.2. The van der Waals surface area contributed by atoms with Gasteiger partial charge in [-0.15, -0.1) is 0 Å². The van der Waals surface area contributed by atoms with Crippen molar-refractivity contribution in [3.8, 4) is 0 Å². The highest BCUT2D eigenvalue weighted by Crippen LogP contribution is 1.53. The van der Waals surface area contributed by atoms with Gasteiger partial charge in [0.1, 0.15) is 39.3 Å². The van der Waals surface area contributed by atoms with E-state index in [0.29, 0.717) is 39.3 Å². The maximum absolute atomic E-state index is 8.51. The lowest BCUT2D eigenvalue weighted by molar-refractivity contribution is -0.901. The number of hydrogen-bond donors (Lipinski definition) is 8. The number of aliphatic hydroxyl groups excluding tert-OH is 6. The Bertz CT molecular complexity index is 139. The van der Waals surface area contributed by atoms with Crippen molar-refractivity contribution >= 4 is 0 Å². The van der Waals surface area contributed by atoms with Crippen LogP contribution in [-0.2, 0) is 0 Å². The minimum atomic E-state index is 0. The molecular weight excluding hydrogens is 339 g/mol. The Hall–Kier alpha value is 0.260. The van der Waals surface area contributed by atoms with Crippen LogP contribution < -0.4 is 34.6 Å². The van der Waals surface area contributed by atoms with Gasteiger partial charge in [-0.2, -0.15) is 0 Å². The van der Waals surface area contributed by atoms with E-state index in [1.807, 2.05) is 0 Å². The fourth-order valence-electron chi connectivity index (χ4n) is 1.70. The predicted molar refractivity (Wildman–Crippen MR) is 73.6 cm³/mol. The van der Waals surface area contributed by atoms with Crippen LogP contribution in [0.15, 0.2) is 0 Å². The molecule has 0 unspecified atom stereocenters. The van der Waals surface area contributed by atoms with Gasteiger partial charge in [-0.3, -0.25) is 0 Å². The van der Waals surface area contributed by atoms with Crippen molar-refractivity contribution in [2.24, 2.45) is 0 Å². The summed E-state index contributed by atoms with van der Waals surface area (Å²) in [7, 11) is 0. The first-order valence-corrected chi connectivity index (χ1v) is 7.02. The van der Waals surface area contributed by atoms with Crippen LogP contribution in [0.25, 0.3) is 0 Å². The van der Waals surface area contributed by atoms with Crippen molar-refractivity contribution in [3.63, 3.8) is 0 Å². The molecule has 0 amide bonds. The summed E-state index contributed by atoms with van der Waals surface area (Å²) in [5.74, 6) is 0. The summed E-state index contributed by atoms with van der Waals surface area (Å²) in [6.07, 6.45) is 0. The monoisotopic (exact) mass is 370 g/mol. The Morgan fingerprint density at radius 2 is 0.500 bits per heavy atom. The molecule has 0 saturated heterocycles. The summed E-state index contributed by atoms with van der Waals surface area (Å²) >= 11 is 0. The molecule has 0 spiro atoms. The van der Waals surface area contributed by atoms with Gasteiger partial charge in [0.05, 0.1) is 39.6 Å². The topological polar surface area (TPSA) is 130 Å². The van der Waals surface area contributed by atoms with Crippen LogP contribution in [0.1, 0.15) is 0 Å². The SMILES string of the molecule is OCC[NH+](CCO)CCO.OCC[NH+](CCO)CCO.[Cl-].[Cl-]. The highest BCUT2D eigenvalue weighted by atomic mass is 35.5. The lowest BCUT2D eigenvalue weighted by Crippen LogP contribution is -3.13. The highest BCUT2D eigenvalue weighted by Gasteiger charge is 2.04. The number of quaternary nitrogens is 2. The normalized spacial score (nSPS) is 9.82. The Morgan fingerprint density at radius 1 is 0.364 bits per heavy atom. The van der Waals surface area contributed by atoms with E-state index in [1.54, 1.807) is 0 Å². The number of nitrogens with one attached hydrogen (secondary N) is 2. The van der Waals surface area contributed by atoms with E-state index in [4.69, 9.17) is 30.6 Å². The molecule has 0 radical (unpaired) electrons. The zero-order valence-electron chi connectivity index (χ0n) is 12.9. The van der Waals surface area contributed by atoms with Crippen LogP contribution in [0, 0.1) is 0 Å². The molecule has 0 saturated carbocycles. The predicted octanol–water partition coefficient (Wildman–Crippen LogP) is -12.3. The average molecular weight is 371 g/mol. The second-order valence-corrected chi connectivity index (χ2v) is 4.34. The van der Waals surface area contributed by atoms with Crippen molar-refractivity contribution in [2.75, 3.05) is 78.9 Å². The molecule has 0 rings (SSSR count). The summed E-state index contributed by atoms with van der Waals surface area (Å²) in [5, 5.41) is 51.0. The van der Waals surface area contributed by atoms with Crippen LogP contribution in [0.2, 0.25) is 0 Å². The number of rotatable bonds is 12. The van der Waals surface area contributed by atoms with Gasteiger partial charge in [0.15, 0.2) is 0 Å². The van der Waals surface area contributed by atoms with E-state index in [1.165, 1.54) is 0 Å². The molecule has 0 aliphatic heterocycles. The fourth-order valence-corrected chi connectivity index (χ4v) is 1.70. The molecule has 10 heteroatoms. The molecule has 0 aromatic carbocycles. The van der Waals surface area contributed by atoms with E-state index in [-0.39, 0.29) is 64.5 Å². The molecule has 0 atom stereocenters. The largest absolute Gasteiger partial charge is 1.00 e. The summed E-state index contributed by atoms with van der Waals surface area (Å²) in [6.45, 7) is 4.23. The highest BCUT2D eigenvalue weighted by molar-refractivity contribution is 4.28. The van der Waals surface area contributed by atoms with Crippen molar-refractivity contribution in [1.29, 1.82) is 0 Å². The summed E-state index contributed by atoms with van der Waals surface area (Å²) in [6, 6.07) is 0. The van der Waals surface area contributed by atoms with Crippen molar-refractivity contribution in [2.45, 2.75) is 0 Å². The average Bonchev–Trinajstić information content (AvgIpc) is 2.41. The van der Waals surface area contributed by atoms with E-state index >= 15 is 0 Å². The Balaban J connectivity index is -0.000000135. The quantitative estimate of drug-likeness (QED) is 0.172. The maximum Gasteiger partial charge on any atom is 0.101 e. The van der Waals surface area contributed by atoms with Crippen LogP contribution in [0.3, 0.4) is 0 Å². The lowest BCUT2D eigenvalue weighted by Gasteiger charge is -2.15. The van der Waals surface area contributed by atoms with Gasteiger partial charge in [0.25, 0.3) is 0 Å². The third-order valence-corrected chi connectivity index (χ3v) is 2.79. The molecule has 140 valence electrons. The molecule has 0 aromatic heterocycles. The van der Waals surface area contributed by atoms with E-state index in [2.05, 4.69) is 0 Å². The lowest BCUT2D eigenvalue weighted by atomic mass is 10.4. The second kappa shape index (κ2) is 26.2. The maximum atomic E-state index is 8.51. The summed E-state index contributed by atoms with van der Waals surface area (Å²) < 4.78 is 0. The van der Waals surface area contributed by atoms with Crippen LogP contribution in [0.4, 0.5) is 0 Å². The molecule has 22 heavy (non-hydrogen) atoms. The van der Waals surface area contributed by atoms with Gasteiger partial charge in [-0.25, -0.2) is 0 Å². The van der Waals surface area contributed by atoms with Crippen molar-refractivity contribution in [3.05, 3.63) is 0 Å². The first-order chi connectivity index (χ1) is 9.69. The zero-order chi connectivity index (χ0) is 15.6. The zero-order valence-corrected chi connectivity index (χ0v) is 14.4. The number of halogens is 2. The summed E-state index contributed by atoms with van der Waals surface area (Å²) in [5.41, 5.74) is 0.